The normalized spacial score (nSPS) is 49.8. The van der Waals surface area contributed by atoms with Gasteiger partial charge in [-0.05, 0) is 45.2 Å². The third-order valence-corrected chi connectivity index (χ3v) is 4.46. The molecule has 3 nitrogen and oxygen atoms in total. The van der Waals surface area contributed by atoms with Crippen molar-refractivity contribution in [3.8, 4) is 0 Å². The van der Waals surface area contributed by atoms with Gasteiger partial charge in [0.1, 0.15) is 0 Å². The molecule has 0 aromatic heterocycles. The predicted octanol–water partition coefficient (Wildman–Crippen LogP) is 0.848. The Balaban J connectivity index is 1.59. The molecule has 4 rings (SSSR count). The van der Waals surface area contributed by atoms with Crippen molar-refractivity contribution in [2.24, 2.45) is 5.92 Å². The van der Waals surface area contributed by atoms with E-state index in [-0.39, 0.29) is 0 Å². The summed E-state index contributed by atoms with van der Waals surface area (Å²) in [6.45, 7) is 7.08. The molecule has 2 bridgehead atoms. The van der Waals surface area contributed by atoms with Gasteiger partial charge in [0.15, 0.2) is 0 Å². The van der Waals surface area contributed by atoms with E-state index >= 15 is 0 Å². The molecule has 0 amide bonds. The van der Waals surface area contributed by atoms with Crippen LogP contribution >= 0.6 is 0 Å². The van der Waals surface area contributed by atoms with Crippen LogP contribution in [0.15, 0.2) is 0 Å². The zero-order valence-corrected chi connectivity index (χ0v) is 9.61. The predicted molar refractivity (Wildman–Crippen MR) is 59.9 cm³/mol. The standard InChI is InChI=1S/C12H22N2O/c1-9-11(4-7-15-9)13-12-8-14-5-2-10(12)3-6-14/h9-13H,2-8H2,1H3. The van der Waals surface area contributed by atoms with Gasteiger partial charge in [-0.25, -0.2) is 0 Å². The van der Waals surface area contributed by atoms with Crippen molar-refractivity contribution in [1.29, 1.82) is 0 Å². The van der Waals surface area contributed by atoms with Gasteiger partial charge >= 0.3 is 0 Å². The monoisotopic (exact) mass is 210 g/mol. The third kappa shape index (κ3) is 1.93. The van der Waals surface area contributed by atoms with Crippen LogP contribution < -0.4 is 5.32 Å². The quantitative estimate of drug-likeness (QED) is 0.731. The first kappa shape index (κ1) is 10.1. The summed E-state index contributed by atoms with van der Waals surface area (Å²) in [6, 6.07) is 1.34. The summed E-state index contributed by atoms with van der Waals surface area (Å²) in [6.07, 6.45) is 4.42. The topological polar surface area (TPSA) is 24.5 Å². The van der Waals surface area contributed by atoms with Crippen molar-refractivity contribution in [2.75, 3.05) is 26.2 Å². The van der Waals surface area contributed by atoms with E-state index in [2.05, 4.69) is 17.1 Å². The zero-order valence-electron chi connectivity index (χ0n) is 9.61. The van der Waals surface area contributed by atoms with Crippen LogP contribution in [0.5, 0.6) is 0 Å². The lowest BCUT2D eigenvalue weighted by Gasteiger charge is -2.46. The molecular formula is C12H22N2O. The van der Waals surface area contributed by atoms with E-state index in [1.807, 2.05) is 0 Å². The summed E-state index contributed by atoms with van der Waals surface area (Å²) >= 11 is 0. The second-order valence-electron chi connectivity index (χ2n) is 5.38. The van der Waals surface area contributed by atoms with Gasteiger partial charge in [-0.1, -0.05) is 0 Å². The number of hydrogen-bond acceptors (Lipinski definition) is 3. The van der Waals surface area contributed by atoms with Gasteiger partial charge in [0.2, 0.25) is 0 Å². The van der Waals surface area contributed by atoms with Crippen molar-refractivity contribution in [3.63, 3.8) is 0 Å². The Morgan fingerprint density at radius 3 is 2.47 bits per heavy atom. The van der Waals surface area contributed by atoms with Crippen LogP contribution in [0.1, 0.15) is 26.2 Å². The molecule has 0 aromatic rings. The SMILES string of the molecule is CC1OCCC1NC1CN2CCC1CC2. The number of nitrogens with one attached hydrogen (secondary N) is 1. The molecule has 15 heavy (non-hydrogen) atoms. The minimum absolute atomic E-state index is 0.417. The van der Waals surface area contributed by atoms with Gasteiger partial charge in [-0.3, -0.25) is 0 Å². The molecule has 0 radical (unpaired) electrons. The number of rotatable bonds is 2. The largest absolute Gasteiger partial charge is 0.377 e. The summed E-state index contributed by atoms with van der Waals surface area (Å²) < 4.78 is 5.61. The van der Waals surface area contributed by atoms with Gasteiger partial charge in [0.25, 0.3) is 0 Å². The van der Waals surface area contributed by atoms with Crippen LogP contribution in [0.4, 0.5) is 0 Å². The Hall–Kier alpha value is -0.120. The van der Waals surface area contributed by atoms with Crippen LogP contribution in [0, 0.1) is 5.92 Å². The molecule has 3 heteroatoms. The highest BCUT2D eigenvalue weighted by atomic mass is 16.5. The first-order valence-electron chi connectivity index (χ1n) is 6.43. The molecule has 0 aliphatic carbocycles. The summed E-state index contributed by atoms with van der Waals surface area (Å²) in [5.41, 5.74) is 0. The second-order valence-corrected chi connectivity index (χ2v) is 5.38. The molecule has 0 spiro atoms. The molecule has 4 heterocycles. The average Bonchev–Trinajstić information content (AvgIpc) is 2.66. The maximum absolute atomic E-state index is 5.61. The average molecular weight is 210 g/mol. The highest BCUT2D eigenvalue weighted by molar-refractivity contribution is 4.94. The van der Waals surface area contributed by atoms with Crippen molar-refractivity contribution >= 4 is 0 Å². The minimum Gasteiger partial charge on any atom is -0.377 e. The van der Waals surface area contributed by atoms with E-state index in [4.69, 9.17) is 4.74 Å². The van der Waals surface area contributed by atoms with E-state index in [9.17, 15) is 0 Å². The number of hydrogen-bond donors (Lipinski definition) is 1. The van der Waals surface area contributed by atoms with Crippen LogP contribution in [0.2, 0.25) is 0 Å². The summed E-state index contributed by atoms with van der Waals surface area (Å²) in [4.78, 5) is 2.61. The van der Waals surface area contributed by atoms with Gasteiger partial charge in [0, 0.05) is 25.2 Å². The molecule has 0 saturated carbocycles. The van der Waals surface area contributed by atoms with Crippen molar-refractivity contribution < 1.29 is 4.74 Å². The maximum Gasteiger partial charge on any atom is 0.0700 e. The molecule has 3 atom stereocenters. The van der Waals surface area contributed by atoms with Crippen molar-refractivity contribution in [3.05, 3.63) is 0 Å². The summed E-state index contributed by atoms with van der Waals surface area (Å²) in [5.74, 6) is 0.933. The van der Waals surface area contributed by atoms with Gasteiger partial charge in [-0.15, -0.1) is 0 Å². The molecule has 1 N–H and O–H groups in total. The van der Waals surface area contributed by atoms with Gasteiger partial charge in [-0.2, -0.15) is 0 Å². The van der Waals surface area contributed by atoms with E-state index in [1.54, 1.807) is 0 Å². The Kier molecular flexibility index (Phi) is 2.71. The van der Waals surface area contributed by atoms with Crippen LogP contribution in [-0.4, -0.2) is 49.3 Å². The maximum atomic E-state index is 5.61. The lowest BCUT2D eigenvalue weighted by molar-refractivity contribution is 0.0558. The minimum atomic E-state index is 0.417. The third-order valence-electron chi connectivity index (χ3n) is 4.46. The fraction of sp³-hybridized carbons (Fsp3) is 1.00. The van der Waals surface area contributed by atoms with Gasteiger partial charge < -0.3 is 15.0 Å². The van der Waals surface area contributed by atoms with Crippen LogP contribution in [0.25, 0.3) is 0 Å². The van der Waals surface area contributed by atoms with E-state index in [0.717, 1.165) is 18.6 Å². The second kappa shape index (κ2) is 4.04. The smallest absolute Gasteiger partial charge is 0.0700 e. The lowest BCUT2D eigenvalue weighted by Crippen LogP contribution is -2.58. The Bertz CT molecular complexity index is 226. The fourth-order valence-corrected chi connectivity index (χ4v) is 3.38. The van der Waals surface area contributed by atoms with Crippen LogP contribution in [-0.2, 0) is 4.74 Å². The summed E-state index contributed by atoms with van der Waals surface area (Å²) in [5, 5.41) is 3.83. The van der Waals surface area contributed by atoms with E-state index < -0.39 is 0 Å². The molecule has 3 unspecified atom stereocenters. The van der Waals surface area contributed by atoms with Crippen molar-refractivity contribution in [2.45, 2.75) is 44.4 Å². The molecule has 4 aliphatic rings. The molecular weight excluding hydrogens is 188 g/mol. The molecule has 0 aromatic carbocycles. The number of piperidine rings is 3. The molecule has 4 saturated heterocycles. The number of fused-ring (bicyclic) bond motifs is 3. The molecule has 4 fully saturated rings. The van der Waals surface area contributed by atoms with Gasteiger partial charge in [0.05, 0.1) is 6.10 Å². The first-order chi connectivity index (χ1) is 7.33. The van der Waals surface area contributed by atoms with Crippen LogP contribution in [0.3, 0.4) is 0 Å². The van der Waals surface area contributed by atoms with E-state index in [0.29, 0.717) is 12.1 Å². The Labute approximate surface area is 92.2 Å². The number of nitrogens with zero attached hydrogens (tertiary/aromatic N) is 1. The summed E-state index contributed by atoms with van der Waals surface area (Å²) in [7, 11) is 0. The molecule has 4 aliphatic heterocycles. The van der Waals surface area contributed by atoms with E-state index in [1.165, 1.54) is 38.9 Å². The fourth-order valence-electron chi connectivity index (χ4n) is 3.38. The molecule has 86 valence electrons. The zero-order chi connectivity index (χ0) is 10.3. The Morgan fingerprint density at radius 1 is 1.13 bits per heavy atom. The highest BCUT2D eigenvalue weighted by Crippen LogP contribution is 2.28. The highest BCUT2D eigenvalue weighted by Gasteiger charge is 2.36. The Morgan fingerprint density at radius 2 is 1.93 bits per heavy atom. The number of ether oxygens (including phenoxy) is 1. The lowest BCUT2D eigenvalue weighted by atomic mass is 9.83. The first-order valence-corrected chi connectivity index (χ1v) is 6.43. The van der Waals surface area contributed by atoms with Crippen molar-refractivity contribution in [1.82, 2.24) is 10.2 Å².